The van der Waals surface area contributed by atoms with Gasteiger partial charge in [-0.15, -0.1) is 0 Å². The summed E-state index contributed by atoms with van der Waals surface area (Å²) >= 11 is 0. The Labute approximate surface area is 98.0 Å². The molecule has 1 atom stereocenters. The summed E-state index contributed by atoms with van der Waals surface area (Å²) in [5, 5.41) is 3.51. The van der Waals surface area contributed by atoms with Crippen LogP contribution in [0.25, 0.3) is 0 Å². The number of aromatic nitrogens is 2. The molecule has 0 spiro atoms. The Hall–Kier alpha value is -0.870. The van der Waals surface area contributed by atoms with Crippen LogP contribution in [-0.2, 0) is 18.2 Å². The minimum atomic E-state index is 0.422. The van der Waals surface area contributed by atoms with Crippen LogP contribution in [0.15, 0.2) is 12.4 Å². The first kappa shape index (κ1) is 13.2. The second kappa shape index (κ2) is 6.66. The third kappa shape index (κ3) is 3.94. The van der Waals surface area contributed by atoms with Crippen LogP contribution in [0.3, 0.4) is 0 Å². The van der Waals surface area contributed by atoms with Crippen LogP contribution in [0, 0.1) is 5.92 Å². The lowest BCUT2D eigenvalue weighted by Crippen LogP contribution is -2.39. The van der Waals surface area contributed by atoms with Gasteiger partial charge in [0.1, 0.15) is 5.82 Å². The second-order valence-corrected chi connectivity index (χ2v) is 4.46. The zero-order chi connectivity index (χ0) is 12.0. The molecule has 0 aromatic carbocycles. The number of aryl methyl sites for hydroxylation is 1. The quantitative estimate of drug-likeness (QED) is 0.758. The SMILES string of the molecule is COCC(NCCc1nccn1C)C(C)C. The summed E-state index contributed by atoms with van der Waals surface area (Å²) in [5.74, 6) is 1.70. The molecule has 1 unspecified atom stereocenters. The summed E-state index contributed by atoms with van der Waals surface area (Å²) in [5.41, 5.74) is 0. The smallest absolute Gasteiger partial charge is 0.109 e. The average Bonchev–Trinajstić information content (AvgIpc) is 2.63. The molecule has 0 aliphatic heterocycles. The van der Waals surface area contributed by atoms with E-state index in [0.717, 1.165) is 25.4 Å². The normalized spacial score (nSPS) is 13.3. The van der Waals surface area contributed by atoms with Gasteiger partial charge in [0.2, 0.25) is 0 Å². The van der Waals surface area contributed by atoms with E-state index in [1.165, 1.54) is 0 Å². The van der Waals surface area contributed by atoms with E-state index in [9.17, 15) is 0 Å². The van der Waals surface area contributed by atoms with Gasteiger partial charge in [-0.05, 0) is 5.92 Å². The van der Waals surface area contributed by atoms with E-state index in [1.54, 1.807) is 7.11 Å². The van der Waals surface area contributed by atoms with Gasteiger partial charge in [0.05, 0.1) is 6.61 Å². The molecule has 0 bridgehead atoms. The van der Waals surface area contributed by atoms with Gasteiger partial charge in [0, 0.05) is 45.6 Å². The van der Waals surface area contributed by atoms with Gasteiger partial charge in [0.15, 0.2) is 0 Å². The van der Waals surface area contributed by atoms with E-state index < -0.39 is 0 Å². The number of hydrogen-bond acceptors (Lipinski definition) is 3. The molecule has 0 aliphatic carbocycles. The fourth-order valence-corrected chi connectivity index (χ4v) is 1.67. The highest BCUT2D eigenvalue weighted by molar-refractivity contribution is 4.91. The lowest BCUT2D eigenvalue weighted by molar-refractivity contribution is 0.147. The second-order valence-electron chi connectivity index (χ2n) is 4.46. The van der Waals surface area contributed by atoms with Crippen molar-refractivity contribution in [2.75, 3.05) is 20.3 Å². The molecular weight excluding hydrogens is 202 g/mol. The van der Waals surface area contributed by atoms with Crippen molar-refractivity contribution in [2.24, 2.45) is 13.0 Å². The Morgan fingerprint density at radius 1 is 1.50 bits per heavy atom. The third-order valence-corrected chi connectivity index (χ3v) is 2.83. The van der Waals surface area contributed by atoms with Crippen molar-refractivity contribution in [2.45, 2.75) is 26.3 Å². The van der Waals surface area contributed by atoms with Crippen LogP contribution in [0.1, 0.15) is 19.7 Å². The fraction of sp³-hybridized carbons (Fsp3) is 0.750. The largest absolute Gasteiger partial charge is 0.383 e. The van der Waals surface area contributed by atoms with Crippen molar-refractivity contribution >= 4 is 0 Å². The summed E-state index contributed by atoms with van der Waals surface area (Å²) in [6, 6.07) is 0.422. The Kier molecular flexibility index (Phi) is 5.49. The van der Waals surface area contributed by atoms with Crippen LogP contribution in [0.4, 0.5) is 0 Å². The summed E-state index contributed by atoms with van der Waals surface area (Å²) in [6.07, 6.45) is 4.77. The first-order chi connectivity index (χ1) is 7.65. The van der Waals surface area contributed by atoms with E-state index in [0.29, 0.717) is 12.0 Å². The van der Waals surface area contributed by atoms with Gasteiger partial charge < -0.3 is 14.6 Å². The van der Waals surface area contributed by atoms with Crippen LogP contribution >= 0.6 is 0 Å². The molecule has 0 aliphatic rings. The van der Waals surface area contributed by atoms with Crippen LogP contribution in [0.5, 0.6) is 0 Å². The third-order valence-electron chi connectivity index (χ3n) is 2.83. The average molecular weight is 225 g/mol. The molecular formula is C12H23N3O. The molecule has 0 radical (unpaired) electrons. The van der Waals surface area contributed by atoms with Crippen LogP contribution < -0.4 is 5.32 Å². The number of nitrogens with one attached hydrogen (secondary N) is 1. The molecule has 1 N–H and O–H groups in total. The zero-order valence-electron chi connectivity index (χ0n) is 10.7. The van der Waals surface area contributed by atoms with E-state index in [4.69, 9.17) is 4.74 Å². The predicted octanol–water partition coefficient (Wildman–Crippen LogP) is 1.22. The maximum atomic E-state index is 5.19. The summed E-state index contributed by atoms with van der Waals surface area (Å²) in [4.78, 5) is 4.30. The Morgan fingerprint density at radius 3 is 2.75 bits per heavy atom. The predicted molar refractivity (Wildman–Crippen MR) is 65.4 cm³/mol. The molecule has 1 aromatic rings. The van der Waals surface area contributed by atoms with Crippen molar-refractivity contribution in [3.8, 4) is 0 Å². The molecule has 0 saturated heterocycles. The molecule has 4 nitrogen and oxygen atoms in total. The maximum Gasteiger partial charge on any atom is 0.109 e. The lowest BCUT2D eigenvalue weighted by Gasteiger charge is -2.21. The van der Waals surface area contributed by atoms with Crippen LogP contribution in [0.2, 0.25) is 0 Å². The van der Waals surface area contributed by atoms with Gasteiger partial charge in [0.25, 0.3) is 0 Å². The van der Waals surface area contributed by atoms with Gasteiger partial charge >= 0.3 is 0 Å². The summed E-state index contributed by atoms with van der Waals surface area (Å²) in [7, 11) is 3.77. The summed E-state index contributed by atoms with van der Waals surface area (Å²) in [6.45, 7) is 6.12. The van der Waals surface area contributed by atoms with E-state index in [2.05, 4.69) is 28.7 Å². The van der Waals surface area contributed by atoms with E-state index in [-0.39, 0.29) is 0 Å². The van der Waals surface area contributed by atoms with Gasteiger partial charge in [-0.1, -0.05) is 13.8 Å². The van der Waals surface area contributed by atoms with Gasteiger partial charge in [-0.2, -0.15) is 0 Å². The van der Waals surface area contributed by atoms with Gasteiger partial charge in [-0.25, -0.2) is 4.98 Å². The van der Waals surface area contributed by atoms with Crippen molar-refractivity contribution in [3.05, 3.63) is 18.2 Å². The minimum absolute atomic E-state index is 0.422. The number of ether oxygens (including phenoxy) is 1. The first-order valence-electron chi connectivity index (χ1n) is 5.83. The molecule has 1 aromatic heterocycles. The number of methoxy groups -OCH3 is 1. The molecule has 16 heavy (non-hydrogen) atoms. The highest BCUT2D eigenvalue weighted by Gasteiger charge is 2.12. The topological polar surface area (TPSA) is 39.1 Å². The zero-order valence-corrected chi connectivity index (χ0v) is 10.7. The van der Waals surface area contributed by atoms with Crippen molar-refractivity contribution in [1.29, 1.82) is 0 Å². The standard InChI is InChI=1S/C12H23N3O/c1-10(2)11(9-16-4)13-6-5-12-14-7-8-15(12)3/h7-8,10-11,13H,5-6,9H2,1-4H3. The monoisotopic (exact) mass is 225 g/mol. The molecule has 92 valence electrons. The molecule has 0 fully saturated rings. The Bertz CT molecular complexity index is 296. The highest BCUT2D eigenvalue weighted by Crippen LogP contribution is 2.02. The van der Waals surface area contributed by atoms with Crippen molar-refractivity contribution < 1.29 is 4.74 Å². The molecule has 4 heteroatoms. The highest BCUT2D eigenvalue weighted by atomic mass is 16.5. The maximum absolute atomic E-state index is 5.19. The molecule has 1 heterocycles. The first-order valence-corrected chi connectivity index (χ1v) is 5.83. The summed E-state index contributed by atoms with van der Waals surface area (Å²) < 4.78 is 7.25. The van der Waals surface area contributed by atoms with Crippen molar-refractivity contribution in [3.63, 3.8) is 0 Å². The van der Waals surface area contributed by atoms with E-state index >= 15 is 0 Å². The van der Waals surface area contributed by atoms with E-state index in [1.807, 2.05) is 19.4 Å². The number of nitrogens with zero attached hydrogens (tertiary/aromatic N) is 2. The Morgan fingerprint density at radius 2 is 2.25 bits per heavy atom. The molecule has 0 saturated carbocycles. The minimum Gasteiger partial charge on any atom is -0.383 e. The van der Waals surface area contributed by atoms with Crippen LogP contribution in [-0.4, -0.2) is 35.9 Å². The lowest BCUT2D eigenvalue weighted by atomic mass is 10.1. The number of hydrogen-bond donors (Lipinski definition) is 1. The molecule has 0 amide bonds. The molecule has 1 rings (SSSR count). The fourth-order valence-electron chi connectivity index (χ4n) is 1.67. The van der Waals surface area contributed by atoms with Gasteiger partial charge in [-0.3, -0.25) is 0 Å². The Balaban J connectivity index is 2.30. The number of rotatable bonds is 7. The van der Waals surface area contributed by atoms with Crippen molar-refractivity contribution in [1.82, 2.24) is 14.9 Å². The number of imidazole rings is 1.